The molecule has 1 N–H and O–H groups in total. The summed E-state index contributed by atoms with van der Waals surface area (Å²) in [7, 11) is 1.59. The van der Waals surface area contributed by atoms with Gasteiger partial charge < -0.3 is 9.72 Å². The molecule has 2 heterocycles. The first-order valence-electron chi connectivity index (χ1n) is 7.32. The van der Waals surface area contributed by atoms with Gasteiger partial charge in [-0.05, 0) is 29.0 Å². The van der Waals surface area contributed by atoms with Crippen molar-refractivity contribution in [1.29, 1.82) is 0 Å². The third-order valence-electron chi connectivity index (χ3n) is 4.00. The predicted octanol–water partition coefficient (Wildman–Crippen LogP) is 3.75. The Morgan fingerprint density at radius 3 is 2.52 bits per heavy atom. The Kier molecular flexibility index (Phi) is 3.08. The van der Waals surface area contributed by atoms with E-state index in [-0.39, 0.29) is 5.56 Å². The maximum Gasteiger partial charge on any atom is 0.256 e. The van der Waals surface area contributed by atoms with Crippen molar-refractivity contribution >= 4 is 21.7 Å². The summed E-state index contributed by atoms with van der Waals surface area (Å²) in [5, 5.41) is 2.82. The Labute approximate surface area is 132 Å². The molecule has 0 aliphatic rings. The Hall–Kier alpha value is -3.14. The van der Waals surface area contributed by atoms with Crippen LogP contribution in [-0.4, -0.2) is 17.1 Å². The number of nitrogens with one attached hydrogen (secondary N) is 1. The lowest BCUT2D eigenvalue weighted by Crippen LogP contribution is -2.09. The van der Waals surface area contributed by atoms with Crippen LogP contribution in [0.1, 0.15) is 0 Å². The summed E-state index contributed by atoms with van der Waals surface area (Å²) in [6.07, 6.45) is 1.69. The van der Waals surface area contributed by atoms with Crippen molar-refractivity contribution in [1.82, 2.24) is 9.97 Å². The molecule has 2 aromatic heterocycles. The number of aromatic nitrogens is 2. The lowest BCUT2D eigenvalue weighted by Gasteiger charge is -2.10. The Balaban J connectivity index is 2.07. The van der Waals surface area contributed by atoms with Gasteiger partial charge in [-0.15, -0.1) is 0 Å². The number of benzene rings is 2. The van der Waals surface area contributed by atoms with Gasteiger partial charge in [0.2, 0.25) is 5.88 Å². The van der Waals surface area contributed by atoms with E-state index in [0.29, 0.717) is 11.4 Å². The first kappa shape index (κ1) is 13.5. The largest absolute Gasteiger partial charge is 0.481 e. The van der Waals surface area contributed by atoms with Crippen molar-refractivity contribution in [2.24, 2.45) is 0 Å². The van der Waals surface area contributed by atoms with Crippen molar-refractivity contribution in [3.8, 4) is 17.0 Å². The maximum absolute atomic E-state index is 12.5. The number of rotatable bonds is 2. The van der Waals surface area contributed by atoms with Crippen LogP contribution in [-0.2, 0) is 0 Å². The minimum Gasteiger partial charge on any atom is -0.481 e. The first-order valence-corrected chi connectivity index (χ1v) is 7.32. The molecule has 0 radical (unpaired) electrons. The molecule has 4 rings (SSSR count). The number of H-pyrrole nitrogens is 1. The Morgan fingerprint density at radius 2 is 1.70 bits per heavy atom. The monoisotopic (exact) mass is 302 g/mol. The average molecular weight is 302 g/mol. The van der Waals surface area contributed by atoms with Crippen LogP contribution in [0.5, 0.6) is 5.88 Å². The van der Waals surface area contributed by atoms with Crippen LogP contribution in [0.25, 0.3) is 32.8 Å². The molecular weight excluding hydrogens is 288 g/mol. The van der Waals surface area contributed by atoms with E-state index in [0.717, 1.165) is 27.2 Å². The molecule has 0 aliphatic heterocycles. The maximum atomic E-state index is 12.5. The zero-order chi connectivity index (χ0) is 15.8. The second kappa shape index (κ2) is 5.25. The van der Waals surface area contributed by atoms with Gasteiger partial charge in [-0.2, -0.15) is 0 Å². The molecule has 23 heavy (non-hydrogen) atoms. The molecule has 0 amide bonds. The van der Waals surface area contributed by atoms with Gasteiger partial charge in [-0.3, -0.25) is 4.79 Å². The zero-order valence-electron chi connectivity index (χ0n) is 12.5. The van der Waals surface area contributed by atoms with Crippen molar-refractivity contribution < 1.29 is 4.74 Å². The number of nitrogens with zero attached hydrogens (tertiary/aromatic N) is 1. The highest BCUT2D eigenvalue weighted by Crippen LogP contribution is 2.31. The minimum atomic E-state index is -0.124. The molecule has 0 unspecified atom stereocenters. The van der Waals surface area contributed by atoms with Crippen LogP contribution in [0, 0.1) is 0 Å². The molecule has 0 saturated heterocycles. The van der Waals surface area contributed by atoms with E-state index in [1.807, 2.05) is 54.6 Å². The third-order valence-corrected chi connectivity index (χ3v) is 4.00. The van der Waals surface area contributed by atoms with Crippen LogP contribution in [0.3, 0.4) is 0 Å². The number of hydrogen-bond acceptors (Lipinski definition) is 3. The van der Waals surface area contributed by atoms with Gasteiger partial charge in [0.05, 0.1) is 7.11 Å². The molecule has 4 heteroatoms. The second-order valence-electron chi connectivity index (χ2n) is 5.33. The van der Waals surface area contributed by atoms with Crippen LogP contribution in [0.4, 0.5) is 0 Å². The summed E-state index contributed by atoms with van der Waals surface area (Å²) in [5.74, 6) is 0.557. The van der Waals surface area contributed by atoms with Gasteiger partial charge in [0, 0.05) is 28.2 Å². The fourth-order valence-electron chi connectivity index (χ4n) is 2.89. The van der Waals surface area contributed by atoms with E-state index in [1.165, 1.54) is 0 Å². The number of methoxy groups -OCH3 is 1. The number of ether oxygens (including phenoxy) is 1. The molecule has 0 fully saturated rings. The number of hydrogen-bond donors (Lipinski definition) is 1. The standard InChI is InChI=1S/C19H14N2O2/c1-23-19-14-8-4-3-7-13(14)16(11-20-19)15-10-12-6-2-5-9-17(12)21-18(15)22/h2-11H,1H3,(H,21,22). The molecule has 0 atom stereocenters. The van der Waals surface area contributed by atoms with E-state index in [4.69, 9.17) is 4.74 Å². The van der Waals surface area contributed by atoms with Crippen molar-refractivity contribution in [2.75, 3.05) is 7.11 Å². The molecule has 2 aromatic carbocycles. The zero-order valence-corrected chi connectivity index (χ0v) is 12.5. The van der Waals surface area contributed by atoms with Crippen LogP contribution in [0.2, 0.25) is 0 Å². The topological polar surface area (TPSA) is 55.0 Å². The van der Waals surface area contributed by atoms with Gasteiger partial charge in [0.25, 0.3) is 5.56 Å². The lowest BCUT2D eigenvalue weighted by molar-refractivity contribution is 0.403. The Bertz CT molecular complexity index is 1080. The van der Waals surface area contributed by atoms with Gasteiger partial charge in [0.1, 0.15) is 0 Å². The van der Waals surface area contributed by atoms with Crippen molar-refractivity contribution in [3.05, 3.63) is 71.1 Å². The van der Waals surface area contributed by atoms with Crippen LogP contribution >= 0.6 is 0 Å². The molecule has 0 saturated carbocycles. The van der Waals surface area contributed by atoms with Gasteiger partial charge in [0.15, 0.2) is 0 Å². The first-order chi connectivity index (χ1) is 11.3. The number of fused-ring (bicyclic) bond motifs is 2. The van der Waals surface area contributed by atoms with E-state index in [2.05, 4.69) is 9.97 Å². The number of aromatic amines is 1. The molecule has 0 aliphatic carbocycles. The highest BCUT2D eigenvalue weighted by atomic mass is 16.5. The predicted molar refractivity (Wildman–Crippen MR) is 91.9 cm³/mol. The SMILES string of the molecule is COc1ncc(-c2cc3ccccc3[nH]c2=O)c2ccccc12. The third kappa shape index (κ3) is 2.16. The quantitative estimate of drug-likeness (QED) is 0.613. The summed E-state index contributed by atoms with van der Waals surface area (Å²) >= 11 is 0. The lowest BCUT2D eigenvalue weighted by atomic mass is 10.0. The second-order valence-corrected chi connectivity index (χ2v) is 5.33. The summed E-state index contributed by atoms with van der Waals surface area (Å²) in [5.41, 5.74) is 2.11. The normalized spacial score (nSPS) is 11.0. The van der Waals surface area contributed by atoms with E-state index in [9.17, 15) is 4.79 Å². The molecule has 112 valence electrons. The smallest absolute Gasteiger partial charge is 0.256 e. The van der Waals surface area contributed by atoms with Gasteiger partial charge in [-0.1, -0.05) is 36.4 Å². The summed E-state index contributed by atoms with van der Waals surface area (Å²) < 4.78 is 5.32. The summed E-state index contributed by atoms with van der Waals surface area (Å²) in [6, 6.07) is 17.4. The highest BCUT2D eigenvalue weighted by molar-refractivity contribution is 5.99. The number of pyridine rings is 2. The van der Waals surface area contributed by atoms with Crippen molar-refractivity contribution in [3.63, 3.8) is 0 Å². The van der Waals surface area contributed by atoms with Crippen LogP contribution < -0.4 is 10.3 Å². The average Bonchev–Trinajstić information content (AvgIpc) is 2.60. The van der Waals surface area contributed by atoms with E-state index >= 15 is 0 Å². The summed E-state index contributed by atoms with van der Waals surface area (Å²) in [6.45, 7) is 0. The molecule has 0 spiro atoms. The van der Waals surface area contributed by atoms with E-state index in [1.54, 1.807) is 13.3 Å². The summed E-state index contributed by atoms with van der Waals surface area (Å²) in [4.78, 5) is 19.8. The van der Waals surface area contributed by atoms with Crippen molar-refractivity contribution in [2.45, 2.75) is 0 Å². The van der Waals surface area contributed by atoms with E-state index < -0.39 is 0 Å². The fraction of sp³-hybridized carbons (Fsp3) is 0.0526. The molecule has 4 nitrogen and oxygen atoms in total. The molecular formula is C19H14N2O2. The number of para-hydroxylation sites is 1. The molecule has 0 bridgehead atoms. The van der Waals surface area contributed by atoms with Gasteiger partial charge in [-0.25, -0.2) is 4.98 Å². The van der Waals surface area contributed by atoms with Gasteiger partial charge >= 0.3 is 0 Å². The fourth-order valence-corrected chi connectivity index (χ4v) is 2.89. The Morgan fingerprint density at radius 1 is 0.957 bits per heavy atom. The molecule has 4 aromatic rings. The highest BCUT2D eigenvalue weighted by Gasteiger charge is 2.12. The minimum absolute atomic E-state index is 0.124. The van der Waals surface area contributed by atoms with Crippen LogP contribution in [0.15, 0.2) is 65.6 Å².